The highest BCUT2D eigenvalue weighted by Crippen LogP contribution is 2.40. The summed E-state index contributed by atoms with van der Waals surface area (Å²) in [4.78, 5) is 21.7. The summed E-state index contributed by atoms with van der Waals surface area (Å²) in [6, 6.07) is 4.83. The van der Waals surface area contributed by atoms with Crippen molar-refractivity contribution >= 4 is 8.60 Å². The van der Waals surface area contributed by atoms with Crippen LogP contribution in [0.1, 0.15) is 117 Å². The molecule has 1 aromatic carbocycles. The summed E-state index contributed by atoms with van der Waals surface area (Å²) in [5.41, 5.74) is 5.78. The van der Waals surface area contributed by atoms with E-state index in [1.165, 1.54) is 22.3 Å². The van der Waals surface area contributed by atoms with Gasteiger partial charge in [0.2, 0.25) is 0 Å². The Hall–Kier alpha value is -0.550. The number of hydrogen-bond acceptors (Lipinski definition) is 5. The van der Waals surface area contributed by atoms with Crippen LogP contribution in [0.15, 0.2) is 12.1 Å². The van der Waals surface area contributed by atoms with Crippen LogP contribution in [0.25, 0.3) is 0 Å². The zero-order valence-corrected chi connectivity index (χ0v) is 23.6. The molecule has 2 atom stereocenters. The van der Waals surface area contributed by atoms with E-state index in [4.69, 9.17) is 14.7 Å². The lowest BCUT2D eigenvalue weighted by atomic mass is 9.70. The summed E-state index contributed by atoms with van der Waals surface area (Å²) in [7, 11) is -2.62. The summed E-state index contributed by atoms with van der Waals surface area (Å²) in [6.45, 7) is 22.9. The molecule has 0 saturated heterocycles. The summed E-state index contributed by atoms with van der Waals surface area (Å²) in [5, 5.41) is 20.2. The van der Waals surface area contributed by atoms with Gasteiger partial charge in [-0.1, -0.05) is 94.2 Å². The minimum absolute atomic E-state index is 0.0355. The molecule has 0 aliphatic rings. The van der Waals surface area contributed by atoms with Gasteiger partial charge in [0.25, 0.3) is 0 Å². The summed E-state index contributed by atoms with van der Waals surface area (Å²) >= 11 is 0. The molecule has 0 saturated carbocycles. The first-order valence-electron chi connectivity index (χ1n) is 12.2. The maximum atomic E-state index is 10.8. The van der Waals surface area contributed by atoms with Crippen LogP contribution in [0.2, 0.25) is 0 Å². The van der Waals surface area contributed by atoms with Gasteiger partial charge in [-0.2, -0.15) is 0 Å². The van der Waals surface area contributed by atoms with Crippen molar-refractivity contribution in [2.75, 3.05) is 6.61 Å². The van der Waals surface area contributed by atoms with Crippen molar-refractivity contribution in [2.45, 2.75) is 124 Å². The van der Waals surface area contributed by atoms with Crippen LogP contribution in [0.4, 0.5) is 0 Å². The van der Waals surface area contributed by atoms with Crippen LogP contribution < -0.4 is 0 Å². The molecule has 0 aliphatic heterocycles. The van der Waals surface area contributed by atoms with Gasteiger partial charge in [0.05, 0.1) is 6.10 Å². The average molecular weight is 487 g/mol. The molecule has 1 aromatic rings. The van der Waals surface area contributed by atoms with E-state index in [9.17, 15) is 10.2 Å². The Kier molecular flexibility index (Phi) is 13.3. The third-order valence-corrected chi connectivity index (χ3v) is 6.10. The molecule has 0 aromatic heterocycles. The van der Waals surface area contributed by atoms with E-state index >= 15 is 0 Å². The Bertz CT molecular complexity index is 658. The summed E-state index contributed by atoms with van der Waals surface area (Å²) in [5.74, 6) is 0.185. The highest BCUT2D eigenvalue weighted by Gasteiger charge is 2.31. The fourth-order valence-corrected chi connectivity index (χ4v) is 4.19. The molecule has 0 radical (unpaired) electrons. The predicted molar refractivity (Wildman–Crippen MR) is 141 cm³/mol. The molecule has 0 aliphatic carbocycles. The van der Waals surface area contributed by atoms with E-state index < -0.39 is 14.7 Å². The van der Waals surface area contributed by atoms with Crippen LogP contribution in [0, 0.1) is 5.92 Å². The lowest BCUT2D eigenvalue weighted by molar-refractivity contribution is 0.0730. The molecule has 5 nitrogen and oxygen atoms in total. The minimum Gasteiger partial charge on any atom is -0.396 e. The topological polar surface area (TPSA) is 101 Å². The fraction of sp³-hybridized carbons (Fsp3) is 0.778. The third-order valence-electron chi connectivity index (χ3n) is 6.10. The Labute approximate surface area is 204 Å². The van der Waals surface area contributed by atoms with Crippen LogP contribution in [0.3, 0.4) is 0 Å². The van der Waals surface area contributed by atoms with Crippen molar-refractivity contribution in [3.8, 4) is 0 Å². The highest BCUT2D eigenvalue weighted by molar-refractivity contribution is 7.38. The van der Waals surface area contributed by atoms with Crippen LogP contribution in [-0.2, 0) is 22.7 Å². The van der Waals surface area contributed by atoms with Crippen LogP contribution in [0.5, 0.6) is 0 Å². The van der Waals surface area contributed by atoms with Crippen molar-refractivity contribution in [1.82, 2.24) is 0 Å². The van der Waals surface area contributed by atoms with Gasteiger partial charge >= 0.3 is 8.60 Å². The quantitative estimate of drug-likeness (QED) is 0.296. The van der Waals surface area contributed by atoms with Gasteiger partial charge in [0.15, 0.2) is 0 Å². The van der Waals surface area contributed by atoms with Gasteiger partial charge in [-0.3, -0.25) is 0 Å². The maximum Gasteiger partial charge on any atom is 0.324 e. The first kappa shape index (κ1) is 32.5. The number of hydrogen-bond donors (Lipinski definition) is 5. The number of benzene rings is 1. The van der Waals surface area contributed by atoms with Crippen LogP contribution >= 0.6 is 8.60 Å². The average Bonchev–Trinajstić information content (AvgIpc) is 2.61. The zero-order valence-electron chi connectivity index (χ0n) is 22.7. The van der Waals surface area contributed by atoms with Crippen molar-refractivity contribution in [3.05, 3.63) is 34.4 Å². The molecule has 0 fully saturated rings. The molecule has 1 rings (SSSR count). The summed E-state index contributed by atoms with van der Waals surface area (Å²) < 4.78 is 0. The Morgan fingerprint density at radius 2 is 1.21 bits per heavy atom. The number of rotatable bonds is 8. The maximum absolute atomic E-state index is 10.8. The second kappa shape index (κ2) is 13.5. The normalized spacial score (nSPS) is 14.7. The SMILES string of the molecule is CCCCC(Cc1c(C(C)(C)C)cc(C(C)(C)C)cc1C(C)(C)C)C(O)CCO.OP(O)O. The lowest BCUT2D eigenvalue weighted by Gasteiger charge is -2.35. The highest BCUT2D eigenvalue weighted by atomic mass is 31.2. The van der Waals surface area contributed by atoms with Gasteiger partial charge in [0, 0.05) is 6.61 Å². The van der Waals surface area contributed by atoms with E-state index in [0.717, 1.165) is 25.7 Å². The summed E-state index contributed by atoms with van der Waals surface area (Å²) in [6.07, 6.45) is 4.14. The molecule has 5 N–H and O–H groups in total. The third kappa shape index (κ3) is 11.6. The fourth-order valence-electron chi connectivity index (χ4n) is 4.19. The van der Waals surface area contributed by atoms with Gasteiger partial charge < -0.3 is 24.9 Å². The molecule has 0 spiro atoms. The second-order valence-corrected chi connectivity index (χ2v) is 12.8. The van der Waals surface area contributed by atoms with E-state index in [-0.39, 0.29) is 28.8 Å². The Morgan fingerprint density at radius 3 is 1.52 bits per heavy atom. The Balaban J connectivity index is 0.00000235. The van der Waals surface area contributed by atoms with E-state index in [1.54, 1.807) is 0 Å². The second-order valence-electron chi connectivity index (χ2n) is 12.3. The first-order valence-corrected chi connectivity index (χ1v) is 13.4. The van der Waals surface area contributed by atoms with Gasteiger partial charge in [0.1, 0.15) is 0 Å². The minimum atomic E-state index is -2.62. The smallest absolute Gasteiger partial charge is 0.324 e. The van der Waals surface area contributed by atoms with Gasteiger partial charge in [-0.15, -0.1) is 0 Å². The van der Waals surface area contributed by atoms with E-state index in [0.29, 0.717) is 6.42 Å². The molecule has 2 unspecified atom stereocenters. The monoisotopic (exact) mass is 486 g/mol. The molecule has 6 heteroatoms. The lowest BCUT2D eigenvalue weighted by Crippen LogP contribution is -2.29. The zero-order chi connectivity index (χ0) is 26.2. The molecule has 0 bridgehead atoms. The molecule has 0 heterocycles. The van der Waals surface area contributed by atoms with Crippen molar-refractivity contribution < 1.29 is 24.9 Å². The molecule has 33 heavy (non-hydrogen) atoms. The first-order chi connectivity index (χ1) is 14.9. The van der Waals surface area contributed by atoms with Crippen molar-refractivity contribution in [2.24, 2.45) is 5.92 Å². The van der Waals surface area contributed by atoms with Gasteiger partial charge in [-0.25, -0.2) is 0 Å². The van der Waals surface area contributed by atoms with Crippen molar-refractivity contribution in [1.29, 1.82) is 0 Å². The van der Waals surface area contributed by atoms with Gasteiger partial charge in [-0.05, 0) is 63.7 Å². The predicted octanol–water partition coefficient (Wildman–Crippen LogP) is 5.86. The number of aliphatic hydroxyl groups is 2. The number of aliphatic hydroxyl groups excluding tert-OH is 2. The molecular weight excluding hydrogens is 435 g/mol. The van der Waals surface area contributed by atoms with E-state index in [2.05, 4.69) is 81.4 Å². The standard InChI is InChI=1S/C27H48O2.H3O3P/c1-11-12-13-19(24(29)14-15-28)16-21-22(26(5,6)7)17-20(25(2,3)4)18-23(21)27(8,9)10;1-4(2)3/h17-19,24,28-29H,11-16H2,1-10H3;1-3H. The van der Waals surface area contributed by atoms with Crippen molar-refractivity contribution in [3.63, 3.8) is 0 Å². The number of unbranched alkanes of at least 4 members (excludes halogenated alkanes) is 1. The van der Waals surface area contributed by atoms with Crippen LogP contribution in [-0.4, -0.2) is 37.6 Å². The molecule has 0 amide bonds. The van der Waals surface area contributed by atoms with E-state index in [1.807, 2.05) is 0 Å². The molecular formula is C27H51O5P. The Morgan fingerprint density at radius 1 is 0.788 bits per heavy atom. The largest absolute Gasteiger partial charge is 0.396 e. The molecule has 194 valence electrons.